The van der Waals surface area contributed by atoms with Crippen LogP contribution in [0.3, 0.4) is 0 Å². The zero-order valence-electron chi connectivity index (χ0n) is 20.3. The van der Waals surface area contributed by atoms with Gasteiger partial charge in [-0.05, 0) is 47.5 Å². The molecule has 9 heteroatoms. The van der Waals surface area contributed by atoms with Crippen molar-refractivity contribution in [3.8, 4) is 17.2 Å². The minimum Gasteiger partial charge on any atom is -0.497 e. The van der Waals surface area contributed by atoms with Crippen LogP contribution < -0.4 is 19.5 Å². The van der Waals surface area contributed by atoms with Crippen molar-refractivity contribution in [2.75, 3.05) is 33.7 Å². The molecule has 1 aromatic heterocycles. The van der Waals surface area contributed by atoms with Crippen molar-refractivity contribution in [3.05, 3.63) is 77.4 Å². The molecule has 36 heavy (non-hydrogen) atoms. The third-order valence-electron chi connectivity index (χ3n) is 6.44. The second-order valence-electron chi connectivity index (χ2n) is 8.38. The lowest BCUT2D eigenvalue weighted by Crippen LogP contribution is -2.44. The molecular formula is C27H25N3O5S. The summed E-state index contributed by atoms with van der Waals surface area (Å²) >= 11 is 1.37. The highest BCUT2D eigenvalue weighted by Gasteiger charge is 2.43. The summed E-state index contributed by atoms with van der Waals surface area (Å²) in [6.45, 7) is 0. The number of nitrogens with one attached hydrogen (secondary N) is 1. The summed E-state index contributed by atoms with van der Waals surface area (Å²) in [6, 6.07) is 17.7. The van der Waals surface area contributed by atoms with Crippen LogP contribution in [-0.2, 0) is 4.79 Å². The Kier molecular flexibility index (Phi) is 6.24. The average molecular weight is 504 g/mol. The van der Waals surface area contributed by atoms with Gasteiger partial charge in [0.1, 0.15) is 5.75 Å². The van der Waals surface area contributed by atoms with E-state index < -0.39 is 12.0 Å². The Bertz CT molecular complexity index is 1470. The number of amides is 2. The predicted molar refractivity (Wildman–Crippen MR) is 138 cm³/mol. The number of rotatable bonds is 6. The van der Waals surface area contributed by atoms with Gasteiger partial charge < -0.3 is 24.4 Å². The number of nitrogens with zero attached hydrogens (tertiary/aromatic N) is 2. The Hall–Kier alpha value is -4.11. The molecule has 2 heterocycles. The number of carbonyl (C=O) groups excluding carboxylic acids is 2. The number of ether oxygens (including phenoxy) is 3. The Morgan fingerprint density at radius 1 is 0.972 bits per heavy atom. The zero-order valence-corrected chi connectivity index (χ0v) is 21.1. The van der Waals surface area contributed by atoms with Crippen molar-refractivity contribution >= 4 is 38.5 Å². The molecule has 2 atom stereocenters. The maximum absolute atomic E-state index is 13.9. The van der Waals surface area contributed by atoms with Gasteiger partial charge in [0.25, 0.3) is 5.91 Å². The first kappa shape index (κ1) is 23.6. The Morgan fingerprint density at radius 3 is 2.50 bits per heavy atom. The quantitative estimate of drug-likeness (QED) is 0.404. The number of methoxy groups -OCH3 is 3. The summed E-state index contributed by atoms with van der Waals surface area (Å²) in [5, 5.41) is 3.48. The molecule has 1 N–H and O–H groups in total. The van der Waals surface area contributed by atoms with E-state index in [-0.39, 0.29) is 11.8 Å². The minimum absolute atomic E-state index is 0.151. The number of fused-ring (bicyclic) bond motifs is 2. The smallest absolute Gasteiger partial charge is 0.254 e. The summed E-state index contributed by atoms with van der Waals surface area (Å²) < 4.78 is 17.1. The highest BCUT2D eigenvalue weighted by molar-refractivity contribution is 7.22. The van der Waals surface area contributed by atoms with Crippen LogP contribution in [0.4, 0.5) is 5.13 Å². The van der Waals surface area contributed by atoms with Crippen molar-refractivity contribution in [1.29, 1.82) is 0 Å². The number of hydrogen-bond donors (Lipinski definition) is 1. The molecule has 0 radical (unpaired) electrons. The van der Waals surface area contributed by atoms with E-state index in [9.17, 15) is 9.59 Å². The van der Waals surface area contributed by atoms with Crippen LogP contribution in [0.1, 0.15) is 33.4 Å². The first-order valence-electron chi connectivity index (χ1n) is 11.3. The van der Waals surface area contributed by atoms with Crippen molar-refractivity contribution in [1.82, 2.24) is 9.88 Å². The van der Waals surface area contributed by atoms with Gasteiger partial charge >= 0.3 is 0 Å². The van der Waals surface area contributed by atoms with Crippen LogP contribution in [-0.4, -0.2) is 50.1 Å². The normalized spacial score (nSPS) is 17.0. The molecule has 0 aliphatic carbocycles. The molecule has 184 valence electrons. The second kappa shape index (κ2) is 9.50. The summed E-state index contributed by atoms with van der Waals surface area (Å²) in [4.78, 5) is 33.4. The maximum Gasteiger partial charge on any atom is 0.254 e. The van der Waals surface area contributed by atoms with E-state index in [1.54, 1.807) is 51.5 Å². The number of thiazole rings is 1. The molecule has 2 unspecified atom stereocenters. The summed E-state index contributed by atoms with van der Waals surface area (Å²) in [6.07, 6.45) is 0. The Morgan fingerprint density at radius 2 is 1.75 bits per heavy atom. The van der Waals surface area contributed by atoms with E-state index in [2.05, 4.69) is 10.3 Å². The van der Waals surface area contributed by atoms with E-state index >= 15 is 0 Å². The van der Waals surface area contributed by atoms with Gasteiger partial charge in [0, 0.05) is 12.6 Å². The van der Waals surface area contributed by atoms with E-state index in [4.69, 9.17) is 14.2 Å². The van der Waals surface area contributed by atoms with E-state index in [1.165, 1.54) is 11.3 Å². The fourth-order valence-electron chi connectivity index (χ4n) is 4.68. The van der Waals surface area contributed by atoms with Gasteiger partial charge in [0.05, 0.1) is 43.5 Å². The molecule has 0 fully saturated rings. The number of anilines is 1. The fraction of sp³-hybridized carbons (Fsp3) is 0.222. The molecule has 0 saturated carbocycles. The van der Waals surface area contributed by atoms with E-state index in [1.807, 2.05) is 42.5 Å². The molecular weight excluding hydrogens is 478 g/mol. The lowest BCUT2D eigenvalue weighted by atomic mass is 9.79. The van der Waals surface area contributed by atoms with Crippen molar-refractivity contribution in [2.24, 2.45) is 0 Å². The summed E-state index contributed by atoms with van der Waals surface area (Å²) in [5.74, 6) is 0.725. The summed E-state index contributed by atoms with van der Waals surface area (Å²) in [5.41, 5.74) is 2.70. The van der Waals surface area contributed by atoms with Crippen LogP contribution in [0.25, 0.3) is 10.2 Å². The van der Waals surface area contributed by atoms with Crippen molar-refractivity contribution < 1.29 is 23.8 Å². The molecule has 2 amide bonds. The number of aromatic nitrogens is 1. The SMILES string of the molecule is COc1ccc2nc(NC(=O)C3c4ccccc4C(=O)N(C)C3c3ccc(OC)c(OC)c3)sc2c1. The number of benzene rings is 3. The standard InChI is InChI=1S/C27H25N3O5S/c1-30-24(15-9-12-20(34-3)21(13-15)35-4)23(17-7-5-6-8-18(17)26(30)32)25(31)29-27-28-19-11-10-16(33-2)14-22(19)36-27/h5-14,23-24H,1-4H3,(H,28,29,31). The van der Waals surface area contributed by atoms with Crippen LogP contribution in [0.2, 0.25) is 0 Å². The van der Waals surface area contributed by atoms with Gasteiger partial charge in [0.15, 0.2) is 16.6 Å². The predicted octanol–water partition coefficient (Wildman–Crippen LogP) is 4.87. The third-order valence-corrected chi connectivity index (χ3v) is 7.37. The monoisotopic (exact) mass is 503 g/mol. The Balaban J connectivity index is 1.58. The lowest BCUT2D eigenvalue weighted by Gasteiger charge is -2.39. The van der Waals surface area contributed by atoms with Crippen LogP contribution >= 0.6 is 11.3 Å². The van der Waals surface area contributed by atoms with Crippen LogP contribution in [0, 0.1) is 0 Å². The van der Waals surface area contributed by atoms with Gasteiger partial charge in [-0.25, -0.2) is 4.98 Å². The molecule has 0 spiro atoms. The number of carbonyl (C=O) groups is 2. The van der Waals surface area contributed by atoms with Crippen LogP contribution in [0.5, 0.6) is 17.2 Å². The minimum atomic E-state index is -0.677. The highest BCUT2D eigenvalue weighted by atomic mass is 32.1. The first-order valence-corrected chi connectivity index (χ1v) is 12.1. The van der Waals surface area contributed by atoms with E-state index in [0.29, 0.717) is 27.8 Å². The number of likely N-dealkylation sites (N-methyl/N-ethyl adjacent to an activating group) is 1. The number of hydrogen-bond acceptors (Lipinski definition) is 7. The topological polar surface area (TPSA) is 90.0 Å². The average Bonchev–Trinajstić information content (AvgIpc) is 3.31. The van der Waals surface area contributed by atoms with Crippen LogP contribution in [0.15, 0.2) is 60.7 Å². The summed E-state index contributed by atoms with van der Waals surface area (Å²) in [7, 11) is 6.44. The molecule has 1 aliphatic rings. The largest absolute Gasteiger partial charge is 0.497 e. The van der Waals surface area contributed by atoms with E-state index in [0.717, 1.165) is 21.5 Å². The third kappa shape index (κ3) is 4.01. The maximum atomic E-state index is 13.9. The lowest BCUT2D eigenvalue weighted by molar-refractivity contribution is -0.119. The molecule has 0 bridgehead atoms. The van der Waals surface area contributed by atoms with Gasteiger partial charge in [0.2, 0.25) is 5.91 Å². The Labute approximate surface area is 212 Å². The second-order valence-corrected chi connectivity index (χ2v) is 9.41. The van der Waals surface area contributed by atoms with Gasteiger partial charge in [-0.15, -0.1) is 0 Å². The molecule has 3 aromatic carbocycles. The van der Waals surface area contributed by atoms with Crippen molar-refractivity contribution in [2.45, 2.75) is 12.0 Å². The first-order chi connectivity index (χ1) is 17.4. The molecule has 0 saturated heterocycles. The highest BCUT2D eigenvalue weighted by Crippen LogP contribution is 2.44. The van der Waals surface area contributed by atoms with Gasteiger partial charge in [-0.2, -0.15) is 0 Å². The van der Waals surface area contributed by atoms with Gasteiger partial charge in [-0.1, -0.05) is 35.6 Å². The molecule has 8 nitrogen and oxygen atoms in total. The van der Waals surface area contributed by atoms with Gasteiger partial charge in [-0.3, -0.25) is 9.59 Å². The van der Waals surface area contributed by atoms with Crippen molar-refractivity contribution in [3.63, 3.8) is 0 Å². The fourth-order valence-corrected chi connectivity index (χ4v) is 5.58. The molecule has 5 rings (SSSR count). The molecule has 1 aliphatic heterocycles. The zero-order chi connectivity index (χ0) is 25.4. The molecule has 4 aromatic rings.